The van der Waals surface area contributed by atoms with Crippen LogP contribution >= 0.6 is 0 Å². The van der Waals surface area contributed by atoms with Crippen molar-refractivity contribution < 1.29 is 0 Å². The van der Waals surface area contributed by atoms with E-state index in [2.05, 4.69) is 23.3 Å². The number of nitrogens with zero attached hydrogens (tertiary/aromatic N) is 2. The van der Waals surface area contributed by atoms with Crippen molar-refractivity contribution in [3.05, 3.63) is 0 Å². The van der Waals surface area contributed by atoms with E-state index in [0.717, 1.165) is 12.6 Å². The van der Waals surface area contributed by atoms with Crippen LogP contribution < -0.4 is 5.32 Å². The van der Waals surface area contributed by atoms with Crippen molar-refractivity contribution >= 4 is 0 Å². The molecule has 0 aromatic carbocycles. The zero-order valence-electron chi connectivity index (χ0n) is 7.88. The molecule has 1 fully saturated rings. The number of likely N-dealkylation sites (N-methyl/N-ethyl adjacent to an activating group) is 2. The Balaban J connectivity index is 2.24. The summed E-state index contributed by atoms with van der Waals surface area (Å²) >= 11 is 0. The highest BCUT2D eigenvalue weighted by Crippen LogP contribution is 2.23. The third-order valence-electron chi connectivity index (χ3n) is 2.67. The van der Waals surface area contributed by atoms with E-state index in [1.165, 1.54) is 19.3 Å². The van der Waals surface area contributed by atoms with E-state index in [1.807, 2.05) is 7.05 Å². The molecule has 0 radical (unpaired) electrons. The van der Waals surface area contributed by atoms with E-state index in [1.54, 1.807) is 0 Å². The van der Waals surface area contributed by atoms with E-state index in [9.17, 15) is 0 Å². The Hall–Kier alpha value is -0.590. The number of rotatable bonds is 4. The first-order valence-corrected chi connectivity index (χ1v) is 4.55. The van der Waals surface area contributed by atoms with Gasteiger partial charge in [-0.05, 0) is 26.9 Å². The molecule has 1 saturated carbocycles. The van der Waals surface area contributed by atoms with Crippen LogP contribution in [0.15, 0.2) is 0 Å². The number of hydrogen-bond acceptors (Lipinski definition) is 3. The van der Waals surface area contributed by atoms with Crippen LogP contribution in [-0.4, -0.2) is 37.6 Å². The van der Waals surface area contributed by atoms with Crippen LogP contribution in [-0.2, 0) is 0 Å². The van der Waals surface area contributed by atoms with Gasteiger partial charge in [0.25, 0.3) is 0 Å². The molecule has 1 N–H and O–H groups in total. The van der Waals surface area contributed by atoms with Gasteiger partial charge in [0, 0.05) is 12.6 Å². The van der Waals surface area contributed by atoms with Crippen LogP contribution in [0.1, 0.15) is 19.3 Å². The van der Waals surface area contributed by atoms with E-state index >= 15 is 0 Å². The molecule has 0 spiro atoms. The normalized spacial score (nSPS) is 20.2. The maximum atomic E-state index is 8.71. The number of nitrogens with one attached hydrogen (secondary N) is 1. The molecule has 0 aliphatic heterocycles. The number of nitriles is 1. The lowest BCUT2D eigenvalue weighted by molar-refractivity contribution is 0.154. The van der Waals surface area contributed by atoms with Crippen LogP contribution in [0.25, 0.3) is 0 Å². The molecule has 0 aromatic heterocycles. The molecule has 0 aromatic rings. The van der Waals surface area contributed by atoms with Gasteiger partial charge in [0.05, 0.1) is 6.07 Å². The minimum Gasteiger partial charge on any atom is -0.304 e. The molecule has 0 saturated heterocycles. The predicted octanol–water partition coefficient (Wildman–Crippen LogP) is 0.582. The van der Waals surface area contributed by atoms with Crippen molar-refractivity contribution in [1.82, 2.24) is 10.2 Å². The van der Waals surface area contributed by atoms with Gasteiger partial charge in [-0.2, -0.15) is 5.26 Å². The molecule has 3 heteroatoms. The Bertz CT molecular complexity index is 169. The standard InChI is InChI=1S/C9H17N3/c1-11-8(6-10)7-12(2)9-4-3-5-9/h8-9,11H,3-5,7H2,1-2H3. The Morgan fingerprint density at radius 2 is 2.33 bits per heavy atom. The molecule has 1 aliphatic carbocycles. The smallest absolute Gasteiger partial charge is 0.108 e. The van der Waals surface area contributed by atoms with E-state index in [0.29, 0.717) is 0 Å². The third-order valence-corrected chi connectivity index (χ3v) is 2.67. The fraction of sp³-hybridized carbons (Fsp3) is 0.889. The molecular weight excluding hydrogens is 150 g/mol. The Kier molecular flexibility index (Phi) is 3.51. The molecule has 1 unspecified atom stereocenters. The van der Waals surface area contributed by atoms with Crippen molar-refractivity contribution in [3.8, 4) is 6.07 Å². The van der Waals surface area contributed by atoms with Gasteiger partial charge < -0.3 is 10.2 Å². The van der Waals surface area contributed by atoms with E-state index < -0.39 is 0 Å². The van der Waals surface area contributed by atoms with Crippen LogP contribution in [0, 0.1) is 11.3 Å². The Morgan fingerprint density at radius 3 is 2.67 bits per heavy atom. The highest BCUT2D eigenvalue weighted by Gasteiger charge is 2.23. The summed E-state index contributed by atoms with van der Waals surface area (Å²) in [5.74, 6) is 0. The second-order valence-corrected chi connectivity index (χ2v) is 3.49. The van der Waals surface area contributed by atoms with Gasteiger partial charge in [0.2, 0.25) is 0 Å². The molecule has 0 bridgehead atoms. The molecule has 1 atom stereocenters. The predicted molar refractivity (Wildman–Crippen MR) is 48.7 cm³/mol. The highest BCUT2D eigenvalue weighted by molar-refractivity contribution is 4.92. The van der Waals surface area contributed by atoms with Crippen LogP contribution in [0.2, 0.25) is 0 Å². The molecule has 1 aliphatic rings. The lowest BCUT2D eigenvalue weighted by Gasteiger charge is -2.35. The molecule has 0 amide bonds. The van der Waals surface area contributed by atoms with Crippen LogP contribution in [0.3, 0.4) is 0 Å². The van der Waals surface area contributed by atoms with Crippen LogP contribution in [0.4, 0.5) is 0 Å². The zero-order chi connectivity index (χ0) is 8.97. The Labute approximate surface area is 74.4 Å². The molecular formula is C9H17N3. The van der Waals surface area contributed by atoms with Crippen molar-refractivity contribution in [2.45, 2.75) is 31.3 Å². The molecule has 0 heterocycles. The summed E-state index contributed by atoms with van der Waals surface area (Å²) in [7, 11) is 3.94. The van der Waals surface area contributed by atoms with E-state index in [-0.39, 0.29) is 6.04 Å². The maximum Gasteiger partial charge on any atom is 0.108 e. The molecule has 12 heavy (non-hydrogen) atoms. The summed E-state index contributed by atoms with van der Waals surface area (Å²) in [6.07, 6.45) is 3.96. The fourth-order valence-electron chi connectivity index (χ4n) is 1.46. The fourth-order valence-corrected chi connectivity index (χ4v) is 1.46. The minimum absolute atomic E-state index is 0.0180. The second kappa shape index (κ2) is 4.44. The third kappa shape index (κ3) is 2.20. The van der Waals surface area contributed by atoms with Gasteiger partial charge >= 0.3 is 0 Å². The maximum absolute atomic E-state index is 8.71. The number of hydrogen-bond donors (Lipinski definition) is 1. The van der Waals surface area contributed by atoms with Gasteiger partial charge in [-0.1, -0.05) is 6.42 Å². The largest absolute Gasteiger partial charge is 0.304 e. The van der Waals surface area contributed by atoms with Crippen molar-refractivity contribution in [1.29, 1.82) is 5.26 Å². The molecule has 68 valence electrons. The van der Waals surface area contributed by atoms with Crippen LogP contribution in [0.5, 0.6) is 0 Å². The minimum atomic E-state index is -0.0180. The monoisotopic (exact) mass is 167 g/mol. The van der Waals surface area contributed by atoms with Gasteiger partial charge in [0.15, 0.2) is 0 Å². The van der Waals surface area contributed by atoms with Crippen molar-refractivity contribution in [2.75, 3.05) is 20.6 Å². The van der Waals surface area contributed by atoms with Gasteiger partial charge in [-0.15, -0.1) is 0 Å². The summed E-state index contributed by atoms with van der Waals surface area (Å²) in [6.45, 7) is 0.845. The van der Waals surface area contributed by atoms with Crippen molar-refractivity contribution in [3.63, 3.8) is 0 Å². The topological polar surface area (TPSA) is 39.1 Å². The first-order valence-electron chi connectivity index (χ1n) is 4.55. The van der Waals surface area contributed by atoms with Gasteiger partial charge in [-0.25, -0.2) is 0 Å². The molecule has 3 nitrogen and oxygen atoms in total. The lowest BCUT2D eigenvalue weighted by Crippen LogP contribution is -2.44. The SMILES string of the molecule is CNC(C#N)CN(C)C1CCC1. The summed E-state index contributed by atoms with van der Waals surface area (Å²) in [6, 6.07) is 2.95. The van der Waals surface area contributed by atoms with Gasteiger partial charge in [0.1, 0.15) is 6.04 Å². The lowest BCUT2D eigenvalue weighted by atomic mass is 9.91. The summed E-state index contributed by atoms with van der Waals surface area (Å²) in [5.41, 5.74) is 0. The average Bonchev–Trinajstić information content (AvgIpc) is 1.96. The second-order valence-electron chi connectivity index (χ2n) is 3.49. The van der Waals surface area contributed by atoms with E-state index in [4.69, 9.17) is 5.26 Å². The summed E-state index contributed by atoms with van der Waals surface area (Å²) < 4.78 is 0. The average molecular weight is 167 g/mol. The van der Waals surface area contributed by atoms with Crippen molar-refractivity contribution in [2.24, 2.45) is 0 Å². The highest BCUT2D eigenvalue weighted by atomic mass is 15.2. The zero-order valence-corrected chi connectivity index (χ0v) is 7.88. The Morgan fingerprint density at radius 1 is 1.67 bits per heavy atom. The molecule has 1 rings (SSSR count). The van der Waals surface area contributed by atoms with Gasteiger partial charge in [-0.3, -0.25) is 0 Å². The first-order chi connectivity index (χ1) is 5.77. The summed E-state index contributed by atoms with van der Waals surface area (Å²) in [5, 5.41) is 11.7. The summed E-state index contributed by atoms with van der Waals surface area (Å²) in [4.78, 5) is 2.29. The quantitative estimate of drug-likeness (QED) is 0.666. The first kappa shape index (κ1) is 9.50.